The molecule has 0 saturated carbocycles. The molecule has 0 spiro atoms. The number of sulfone groups is 1. The number of alkyl halides is 6. The Balaban J connectivity index is 2.08. The van der Waals surface area contributed by atoms with Crippen molar-refractivity contribution in [1.29, 1.82) is 0 Å². The summed E-state index contributed by atoms with van der Waals surface area (Å²) >= 11 is 0.0680. The molecule has 34 heavy (non-hydrogen) atoms. The summed E-state index contributed by atoms with van der Waals surface area (Å²) in [5.41, 5.74) is -1.60. The molecule has 0 aliphatic heterocycles. The maximum Gasteiger partial charge on any atom is 0.445 e. The summed E-state index contributed by atoms with van der Waals surface area (Å²) in [5, 5.41) is 4.52. The molecule has 0 aliphatic rings. The van der Waals surface area contributed by atoms with Crippen molar-refractivity contribution in [2.75, 3.05) is 17.7 Å². The van der Waals surface area contributed by atoms with Crippen LogP contribution in [0.25, 0.3) is 11.1 Å². The van der Waals surface area contributed by atoms with E-state index in [1.54, 1.807) is 0 Å². The molecule has 0 unspecified atom stereocenters. The van der Waals surface area contributed by atoms with E-state index >= 15 is 0 Å². The average molecular weight is 524 g/mol. The zero-order valence-corrected chi connectivity index (χ0v) is 18.9. The second kappa shape index (κ2) is 8.94. The van der Waals surface area contributed by atoms with Gasteiger partial charge in [-0.1, -0.05) is 30.4 Å². The first-order valence-electron chi connectivity index (χ1n) is 9.24. The Hall–Kier alpha value is -3.07. The number of anilines is 1. The second-order valence-corrected chi connectivity index (χ2v) is 10.0. The minimum Gasteiger partial charge on any atom is -0.284 e. The Bertz CT molecular complexity index is 1340. The number of aromatic nitrogens is 3. The normalized spacial score (nSPS) is 12.6. The Morgan fingerprint density at radius 3 is 2.26 bits per heavy atom. The Morgan fingerprint density at radius 2 is 1.71 bits per heavy atom. The molecule has 0 radical (unpaired) electrons. The first kappa shape index (κ1) is 25.6. The van der Waals surface area contributed by atoms with Gasteiger partial charge in [-0.15, -0.1) is 10.2 Å². The van der Waals surface area contributed by atoms with Gasteiger partial charge >= 0.3 is 12.4 Å². The Labute approximate surface area is 193 Å². The number of nitrogens with zero attached hydrogens (tertiary/aromatic N) is 4. The average Bonchev–Trinajstić information content (AvgIpc) is 3.28. The summed E-state index contributed by atoms with van der Waals surface area (Å²) in [7, 11) is -3.06. The topological polar surface area (TPSA) is 93.1 Å². The van der Waals surface area contributed by atoms with Crippen LogP contribution >= 0.6 is 11.3 Å². The molecular weight excluding hydrogens is 510 g/mol. The number of carbonyl (C=O) groups excluding carboxylic acids is 1. The highest BCUT2D eigenvalue weighted by Crippen LogP contribution is 2.35. The van der Waals surface area contributed by atoms with Crippen LogP contribution in [0.3, 0.4) is 0 Å². The van der Waals surface area contributed by atoms with Crippen LogP contribution in [-0.4, -0.2) is 42.3 Å². The fourth-order valence-electron chi connectivity index (χ4n) is 2.74. The third-order valence-electron chi connectivity index (χ3n) is 4.54. The van der Waals surface area contributed by atoms with Crippen LogP contribution in [-0.2, 0) is 22.2 Å². The number of halogens is 6. The number of hydrogen-bond acceptors (Lipinski definition) is 7. The van der Waals surface area contributed by atoms with Crippen molar-refractivity contribution >= 4 is 32.2 Å². The number of amides is 1. The zero-order chi connectivity index (χ0) is 25.5. The third-order valence-corrected chi connectivity index (χ3v) is 7.33. The molecule has 182 valence electrons. The Kier molecular flexibility index (Phi) is 6.72. The molecule has 3 rings (SSSR count). The lowest BCUT2D eigenvalue weighted by Crippen LogP contribution is -2.29. The highest BCUT2D eigenvalue weighted by atomic mass is 32.2. The maximum atomic E-state index is 13.1. The van der Waals surface area contributed by atoms with Gasteiger partial charge < -0.3 is 0 Å². The van der Waals surface area contributed by atoms with Crippen molar-refractivity contribution in [1.82, 2.24) is 15.2 Å². The number of hydrogen-bond donors (Lipinski definition) is 0. The lowest BCUT2D eigenvalue weighted by Gasteiger charge is -2.16. The lowest BCUT2D eigenvalue weighted by molar-refractivity contribution is -0.138. The zero-order valence-electron chi connectivity index (χ0n) is 17.3. The maximum absolute atomic E-state index is 13.1. The van der Waals surface area contributed by atoms with E-state index in [4.69, 9.17) is 0 Å². The molecule has 7 nitrogen and oxygen atoms in total. The van der Waals surface area contributed by atoms with E-state index in [0.29, 0.717) is 4.90 Å². The van der Waals surface area contributed by atoms with Crippen LogP contribution in [0.1, 0.15) is 28.0 Å². The highest BCUT2D eigenvalue weighted by molar-refractivity contribution is 7.91. The quantitative estimate of drug-likeness (QED) is 0.449. The van der Waals surface area contributed by atoms with Crippen LogP contribution < -0.4 is 4.90 Å². The number of rotatable bonds is 5. The Morgan fingerprint density at radius 1 is 1.03 bits per heavy atom. The van der Waals surface area contributed by atoms with E-state index in [9.17, 15) is 39.6 Å². The molecule has 0 aliphatic carbocycles. The molecule has 2 heterocycles. The number of benzene rings is 1. The predicted molar refractivity (Wildman–Crippen MR) is 110 cm³/mol. The van der Waals surface area contributed by atoms with Gasteiger partial charge in [-0.05, 0) is 23.8 Å². The van der Waals surface area contributed by atoms with Crippen molar-refractivity contribution in [3.8, 4) is 11.1 Å². The summed E-state index contributed by atoms with van der Waals surface area (Å²) in [6, 6.07) is 5.08. The highest BCUT2D eigenvalue weighted by Gasteiger charge is 2.37. The van der Waals surface area contributed by atoms with Gasteiger partial charge in [0.15, 0.2) is 9.84 Å². The van der Waals surface area contributed by atoms with Gasteiger partial charge in [-0.2, -0.15) is 26.3 Å². The van der Waals surface area contributed by atoms with Crippen molar-refractivity contribution < 1.29 is 39.6 Å². The molecule has 1 aromatic carbocycles. The van der Waals surface area contributed by atoms with Crippen LogP contribution in [0.15, 0.2) is 41.4 Å². The summed E-state index contributed by atoms with van der Waals surface area (Å²) in [6.45, 7) is 1.28. The number of pyridine rings is 1. The van der Waals surface area contributed by atoms with E-state index < -0.39 is 60.1 Å². The molecule has 0 saturated heterocycles. The van der Waals surface area contributed by atoms with E-state index in [2.05, 4.69) is 15.2 Å². The van der Waals surface area contributed by atoms with Crippen LogP contribution in [0.5, 0.6) is 0 Å². The molecule has 1 amide bonds. The van der Waals surface area contributed by atoms with Crippen molar-refractivity contribution in [2.45, 2.75) is 24.2 Å². The molecule has 0 bridgehead atoms. The molecule has 15 heteroatoms. The van der Waals surface area contributed by atoms with Crippen LogP contribution in [0.4, 0.5) is 31.5 Å². The molecule has 0 fully saturated rings. The van der Waals surface area contributed by atoms with Gasteiger partial charge in [0.05, 0.1) is 16.2 Å². The largest absolute Gasteiger partial charge is 0.445 e. The summed E-state index contributed by atoms with van der Waals surface area (Å²) < 4.78 is 103. The smallest absolute Gasteiger partial charge is 0.284 e. The minimum absolute atomic E-state index is 0.00109. The van der Waals surface area contributed by atoms with Crippen LogP contribution in [0, 0.1) is 0 Å². The predicted octanol–water partition coefficient (Wildman–Crippen LogP) is 4.71. The number of carbonyl (C=O) groups is 1. The van der Waals surface area contributed by atoms with E-state index in [0.717, 1.165) is 37.5 Å². The van der Waals surface area contributed by atoms with Gasteiger partial charge in [-0.25, -0.2) is 13.4 Å². The second-order valence-electron chi connectivity index (χ2n) is 6.80. The molecule has 2 aromatic heterocycles. The fraction of sp³-hybridized carbons (Fsp3) is 0.263. The van der Waals surface area contributed by atoms with Crippen molar-refractivity contribution in [3.63, 3.8) is 0 Å². The van der Waals surface area contributed by atoms with E-state index in [1.165, 1.54) is 13.0 Å². The van der Waals surface area contributed by atoms with E-state index in [-0.39, 0.29) is 22.5 Å². The monoisotopic (exact) mass is 524 g/mol. The van der Waals surface area contributed by atoms with Gasteiger partial charge in [0, 0.05) is 18.8 Å². The van der Waals surface area contributed by atoms with Gasteiger partial charge in [0.1, 0.15) is 5.69 Å². The standard InChI is InChI=1S/C19H14F6N4O3S2/c1-3-34(31,32)13-8-11(10-5-4-6-12(7-10)18(20,21)22)9-26-14(13)15(30)29(2)17-28-27-16(33-17)19(23,24)25/h4-9H,3H2,1-2H3. The third kappa shape index (κ3) is 5.19. The van der Waals surface area contributed by atoms with Crippen molar-refractivity contribution in [2.24, 2.45) is 0 Å². The minimum atomic E-state index is -4.79. The van der Waals surface area contributed by atoms with Gasteiger partial charge in [-0.3, -0.25) is 9.69 Å². The van der Waals surface area contributed by atoms with E-state index in [1.807, 2.05) is 0 Å². The molecule has 3 aromatic rings. The van der Waals surface area contributed by atoms with Crippen LogP contribution in [0.2, 0.25) is 0 Å². The first-order valence-corrected chi connectivity index (χ1v) is 11.7. The summed E-state index contributed by atoms with van der Waals surface area (Å²) in [6.07, 6.45) is -8.43. The summed E-state index contributed by atoms with van der Waals surface area (Å²) in [5.74, 6) is -1.56. The molecule has 0 N–H and O–H groups in total. The van der Waals surface area contributed by atoms with Crippen molar-refractivity contribution in [3.05, 3.63) is 52.8 Å². The summed E-state index contributed by atoms with van der Waals surface area (Å²) in [4.78, 5) is 16.9. The first-order chi connectivity index (χ1) is 15.6. The fourth-order valence-corrected chi connectivity index (χ4v) is 4.47. The van der Waals surface area contributed by atoms with Gasteiger partial charge in [0.25, 0.3) is 5.91 Å². The lowest BCUT2D eigenvalue weighted by atomic mass is 10.0. The molecule has 0 atom stereocenters. The van der Waals surface area contributed by atoms with Gasteiger partial charge in [0.2, 0.25) is 10.1 Å². The SMILES string of the molecule is CCS(=O)(=O)c1cc(-c2cccc(C(F)(F)F)c2)cnc1C(=O)N(C)c1nnc(C(F)(F)F)s1. The molecular formula is C19H14F6N4O3S2.